The van der Waals surface area contributed by atoms with Crippen molar-refractivity contribution in [3.05, 3.63) is 65.1 Å². The van der Waals surface area contributed by atoms with Gasteiger partial charge in [-0.25, -0.2) is 14.2 Å². The second-order valence-corrected chi connectivity index (χ2v) is 7.17. The summed E-state index contributed by atoms with van der Waals surface area (Å²) in [4.78, 5) is 19.3. The van der Waals surface area contributed by atoms with Crippen LogP contribution in [0.4, 0.5) is 14.9 Å². The summed E-state index contributed by atoms with van der Waals surface area (Å²) in [6, 6.07) is 11.5. The molecule has 0 bridgehead atoms. The highest BCUT2D eigenvalue weighted by molar-refractivity contribution is 6.31. The lowest BCUT2D eigenvalue weighted by Crippen LogP contribution is -2.38. The quantitative estimate of drug-likeness (QED) is 0.470. The van der Waals surface area contributed by atoms with E-state index in [9.17, 15) is 9.18 Å². The Morgan fingerprint density at radius 2 is 1.93 bits per heavy atom. The number of hydrogen-bond donors (Lipinski definition) is 1. The van der Waals surface area contributed by atoms with Gasteiger partial charge in [-0.3, -0.25) is 0 Å². The molecule has 3 aromatic rings. The zero-order chi connectivity index (χ0) is 21.7. The first-order valence-electron chi connectivity index (χ1n) is 10.0. The summed E-state index contributed by atoms with van der Waals surface area (Å²) < 4.78 is 19.1. The Balaban J connectivity index is 1.95. The third-order valence-electron chi connectivity index (χ3n) is 4.96. The number of rotatable bonds is 7. The number of hydrogen-bond acceptors (Lipinski definition) is 3. The standard InChI is InChI=1S/C23H25ClFN3O2/c1-4-21(18-14-26-22(30-6-3)17-10-8-7-9-16(17)18)28(5-2)23(29)27-15-11-12-20(25)19(24)13-15/h7-14,21H,4-6H2,1-3H3,(H,27,29). The van der Waals surface area contributed by atoms with Crippen LogP contribution in [0.25, 0.3) is 10.8 Å². The minimum atomic E-state index is -0.527. The van der Waals surface area contributed by atoms with Gasteiger partial charge in [0.1, 0.15) is 5.82 Å². The number of nitrogens with zero attached hydrogens (tertiary/aromatic N) is 2. The highest BCUT2D eigenvalue weighted by Crippen LogP contribution is 2.34. The van der Waals surface area contributed by atoms with Crippen LogP contribution >= 0.6 is 11.6 Å². The third-order valence-corrected chi connectivity index (χ3v) is 5.25. The Morgan fingerprint density at radius 3 is 2.57 bits per heavy atom. The number of anilines is 1. The summed E-state index contributed by atoms with van der Waals surface area (Å²) in [7, 11) is 0. The predicted molar refractivity (Wildman–Crippen MR) is 119 cm³/mol. The van der Waals surface area contributed by atoms with Gasteiger partial charge >= 0.3 is 6.03 Å². The van der Waals surface area contributed by atoms with E-state index in [0.717, 1.165) is 16.3 Å². The van der Waals surface area contributed by atoms with Crippen LogP contribution in [0.1, 0.15) is 38.8 Å². The molecule has 0 spiro atoms. The third kappa shape index (κ3) is 4.49. The molecule has 0 aliphatic rings. The fourth-order valence-electron chi connectivity index (χ4n) is 3.59. The summed E-state index contributed by atoms with van der Waals surface area (Å²) in [5.41, 5.74) is 1.39. The van der Waals surface area contributed by atoms with Crippen LogP contribution in [0.5, 0.6) is 5.88 Å². The number of halogens is 2. The summed E-state index contributed by atoms with van der Waals surface area (Å²) >= 11 is 5.84. The molecular formula is C23H25ClFN3O2. The van der Waals surface area contributed by atoms with Gasteiger partial charge in [-0.2, -0.15) is 0 Å². The van der Waals surface area contributed by atoms with Crippen LogP contribution in [0.2, 0.25) is 5.02 Å². The Morgan fingerprint density at radius 1 is 1.20 bits per heavy atom. The van der Waals surface area contributed by atoms with Gasteiger partial charge in [0, 0.05) is 29.4 Å². The molecule has 0 saturated heterocycles. The molecule has 0 aliphatic carbocycles. The van der Waals surface area contributed by atoms with Gasteiger partial charge in [0.25, 0.3) is 0 Å². The molecular weight excluding hydrogens is 405 g/mol. The van der Waals surface area contributed by atoms with Crippen LogP contribution in [0.15, 0.2) is 48.7 Å². The number of pyridine rings is 1. The first-order chi connectivity index (χ1) is 14.5. The predicted octanol–water partition coefficient (Wildman–Crippen LogP) is 6.43. The van der Waals surface area contributed by atoms with Crippen molar-refractivity contribution in [3.8, 4) is 5.88 Å². The second kappa shape index (κ2) is 9.76. The number of ether oxygens (including phenoxy) is 1. The Hall–Kier alpha value is -2.86. The molecule has 1 aromatic heterocycles. The van der Waals surface area contributed by atoms with Crippen LogP contribution in [0, 0.1) is 5.82 Å². The maximum Gasteiger partial charge on any atom is 0.322 e. The summed E-state index contributed by atoms with van der Waals surface area (Å²) in [6.45, 7) is 6.88. The number of nitrogens with one attached hydrogen (secondary N) is 1. The van der Waals surface area contributed by atoms with Crippen molar-refractivity contribution in [2.24, 2.45) is 0 Å². The molecule has 0 saturated carbocycles. The summed E-state index contributed by atoms with van der Waals surface area (Å²) in [5.74, 6) is 0.0561. The molecule has 1 unspecified atom stereocenters. The topological polar surface area (TPSA) is 54.5 Å². The number of carbonyl (C=O) groups is 1. The highest BCUT2D eigenvalue weighted by Gasteiger charge is 2.25. The second-order valence-electron chi connectivity index (χ2n) is 6.77. The lowest BCUT2D eigenvalue weighted by molar-refractivity contribution is 0.190. The minimum Gasteiger partial charge on any atom is -0.478 e. The molecule has 3 rings (SSSR count). The molecule has 158 valence electrons. The smallest absolute Gasteiger partial charge is 0.322 e. The summed E-state index contributed by atoms with van der Waals surface area (Å²) in [6.07, 6.45) is 2.48. The highest BCUT2D eigenvalue weighted by atomic mass is 35.5. The monoisotopic (exact) mass is 429 g/mol. The number of aromatic nitrogens is 1. The minimum absolute atomic E-state index is 0.0374. The van der Waals surface area contributed by atoms with E-state index in [1.807, 2.05) is 45.0 Å². The molecule has 5 nitrogen and oxygen atoms in total. The number of amides is 2. The molecule has 7 heteroatoms. The average Bonchev–Trinajstić information content (AvgIpc) is 2.75. The van der Waals surface area contributed by atoms with E-state index in [-0.39, 0.29) is 17.1 Å². The zero-order valence-electron chi connectivity index (χ0n) is 17.3. The molecule has 0 radical (unpaired) electrons. The summed E-state index contributed by atoms with van der Waals surface area (Å²) in [5, 5.41) is 4.69. The van der Waals surface area contributed by atoms with Crippen LogP contribution in [0.3, 0.4) is 0 Å². The van der Waals surface area contributed by atoms with Crippen LogP contribution in [-0.2, 0) is 0 Å². The fourth-order valence-corrected chi connectivity index (χ4v) is 3.77. The van der Waals surface area contributed by atoms with Gasteiger partial charge in [-0.1, -0.05) is 36.7 Å². The van der Waals surface area contributed by atoms with Gasteiger partial charge in [-0.15, -0.1) is 0 Å². The van der Waals surface area contributed by atoms with E-state index >= 15 is 0 Å². The SMILES string of the molecule is CCOc1ncc(C(CC)N(CC)C(=O)Nc2ccc(F)c(Cl)c2)c2ccccc12. The largest absolute Gasteiger partial charge is 0.478 e. The van der Waals surface area contributed by atoms with Crippen LogP contribution < -0.4 is 10.1 Å². The van der Waals surface area contributed by atoms with Gasteiger partial charge in [0.05, 0.1) is 17.7 Å². The van der Waals surface area contributed by atoms with Crippen molar-refractivity contribution in [2.45, 2.75) is 33.2 Å². The van der Waals surface area contributed by atoms with Gasteiger partial charge in [-0.05, 0) is 49.9 Å². The number of benzene rings is 2. The van der Waals surface area contributed by atoms with E-state index in [2.05, 4.69) is 10.3 Å². The molecule has 1 atom stereocenters. The maximum atomic E-state index is 13.4. The van der Waals surface area contributed by atoms with Crippen molar-refractivity contribution in [1.29, 1.82) is 0 Å². The van der Waals surface area contributed by atoms with Crippen molar-refractivity contribution in [3.63, 3.8) is 0 Å². The molecule has 2 amide bonds. The Bertz CT molecular complexity index is 1040. The van der Waals surface area contributed by atoms with Crippen molar-refractivity contribution in [1.82, 2.24) is 9.88 Å². The zero-order valence-corrected chi connectivity index (χ0v) is 18.0. The van der Waals surface area contributed by atoms with Gasteiger partial charge in [0.2, 0.25) is 5.88 Å². The van der Waals surface area contributed by atoms with Crippen molar-refractivity contribution < 1.29 is 13.9 Å². The molecule has 0 aliphatic heterocycles. The molecule has 30 heavy (non-hydrogen) atoms. The van der Waals surface area contributed by atoms with Gasteiger partial charge in [0.15, 0.2) is 0 Å². The van der Waals surface area contributed by atoms with Crippen molar-refractivity contribution in [2.75, 3.05) is 18.5 Å². The lowest BCUT2D eigenvalue weighted by atomic mass is 9.98. The first-order valence-corrected chi connectivity index (χ1v) is 10.4. The van der Waals surface area contributed by atoms with Crippen LogP contribution in [-0.4, -0.2) is 29.1 Å². The Labute approximate surface area is 180 Å². The molecule has 0 fully saturated rings. The van der Waals surface area contributed by atoms with E-state index < -0.39 is 5.82 Å². The molecule has 2 aromatic carbocycles. The lowest BCUT2D eigenvalue weighted by Gasteiger charge is -2.31. The number of urea groups is 1. The maximum absolute atomic E-state index is 13.4. The first kappa shape index (κ1) is 21.8. The van der Waals surface area contributed by atoms with Crippen molar-refractivity contribution >= 4 is 34.1 Å². The van der Waals surface area contributed by atoms with E-state index in [1.165, 1.54) is 18.2 Å². The normalized spacial score (nSPS) is 11.9. The number of fused-ring (bicyclic) bond motifs is 1. The Kier molecular flexibility index (Phi) is 7.11. The van der Waals surface area contributed by atoms with Gasteiger partial charge < -0.3 is 15.0 Å². The molecule has 1 heterocycles. The number of carbonyl (C=O) groups excluding carboxylic acids is 1. The van der Waals surface area contributed by atoms with E-state index in [1.54, 1.807) is 11.1 Å². The fraction of sp³-hybridized carbons (Fsp3) is 0.304. The molecule has 1 N–H and O–H groups in total. The average molecular weight is 430 g/mol. The van der Waals surface area contributed by atoms with E-state index in [4.69, 9.17) is 16.3 Å². The van der Waals surface area contributed by atoms with E-state index in [0.29, 0.717) is 31.1 Å².